The number of carbonyl (C=O) groups is 1. The van der Waals surface area contributed by atoms with Crippen LogP contribution in [0.15, 0.2) is 53.9 Å². The summed E-state index contributed by atoms with van der Waals surface area (Å²) in [7, 11) is 0. The standard InChI is InChI=1S/C19H15F2NO2S/c1-12(16-9-14(20)7-8-17(16)21)24-18(23)10-15-11-25-19(22-15)13-5-3-2-4-6-13/h2-9,11-12H,10H2,1H3. The molecule has 25 heavy (non-hydrogen) atoms. The third kappa shape index (κ3) is 4.28. The van der Waals surface area contributed by atoms with E-state index in [2.05, 4.69) is 4.98 Å². The summed E-state index contributed by atoms with van der Waals surface area (Å²) in [6.45, 7) is 1.51. The Morgan fingerprint density at radius 3 is 2.72 bits per heavy atom. The average molecular weight is 359 g/mol. The molecule has 3 nitrogen and oxygen atoms in total. The van der Waals surface area contributed by atoms with Gasteiger partial charge in [0, 0.05) is 16.5 Å². The zero-order chi connectivity index (χ0) is 17.8. The molecule has 1 unspecified atom stereocenters. The lowest BCUT2D eigenvalue weighted by molar-refractivity contribution is -0.147. The van der Waals surface area contributed by atoms with Gasteiger partial charge in [0.2, 0.25) is 0 Å². The van der Waals surface area contributed by atoms with Crippen molar-refractivity contribution in [2.45, 2.75) is 19.4 Å². The Balaban J connectivity index is 1.65. The van der Waals surface area contributed by atoms with Crippen LogP contribution >= 0.6 is 11.3 Å². The maximum atomic E-state index is 13.7. The quantitative estimate of drug-likeness (QED) is 0.606. The topological polar surface area (TPSA) is 39.2 Å². The van der Waals surface area contributed by atoms with Gasteiger partial charge in [-0.2, -0.15) is 0 Å². The van der Waals surface area contributed by atoms with Crippen LogP contribution in [0.3, 0.4) is 0 Å². The highest BCUT2D eigenvalue weighted by atomic mass is 32.1. The smallest absolute Gasteiger partial charge is 0.312 e. The van der Waals surface area contributed by atoms with Crippen LogP contribution in [0.25, 0.3) is 10.6 Å². The minimum atomic E-state index is -0.879. The second-order valence-electron chi connectivity index (χ2n) is 5.48. The van der Waals surface area contributed by atoms with Gasteiger partial charge < -0.3 is 4.74 Å². The molecule has 0 aliphatic rings. The molecular weight excluding hydrogens is 344 g/mol. The number of ether oxygens (including phenoxy) is 1. The first-order chi connectivity index (χ1) is 12.0. The van der Waals surface area contributed by atoms with Gasteiger partial charge in [0.1, 0.15) is 22.7 Å². The Morgan fingerprint density at radius 2 is 1.96 bits per heavy atom. The normalized spacial score (nSPS) is 12.0. The molecule has 1 atom stereocenters. The first-order valence-electron chi connectivity index (χ1n) is 7.67. The van der Waals surface area contributed by atoms with Crippen molar-refractivity contribution >= 4 is 17.3 Å². The molecule has 0 N–H and O–H groups in total. The first kappa shape index (κ1) is 17.2. The van der Waals surface area contributed by atoms with Crippen LogP contribution in [0, 0.1) is 11.6 Å². The average Bonchev–Trinajstić information content (AvgIpc) is 3.06. The molecule has 1 aromatic heterocycles. The second kappa shape index (κ2) is 7.53. The van der Waals surface area contributed by atoms with Gasteiger partial charge >= 0.3 is 5.97 Å². The number of nitrogens with zero attached hydrogens (tertiary/aromatic N) is 1. The Hall–Kier alpha value is -2.60. The predicted octanol–water partition coefficient (Wildman–Crippen LogP) is 4.94. The second-order valence-corrected chi connectivity index (χ2v) is 6.34. The van der Waals surface area contributed by atoms with Crippen molar-refractivity contribution in [2.24, 2.45) is 0 Å². The lowest BCUT2D eigenvalue weighted by Gasteiger charge is -2.14. The van der Waals surface area contributed by atoms with Crippen molar-refractivity contribution in [3.8, 4) is 10.6 Å². The Bertz CT molecular complexity index is 880. The molecule has 0 radical (unpaired) electrons. The third-order valence-electron chi connectivity index (χ3n) is 3.60. The van der Waals surface area contributed by atoms with E-state index in [0.29, 0.717) is 5.69 Å². The number of rotatable bonds is 5. The van der Waals surface area contributed by atoms with Gasteiger partial charge in [0.15, 0.2) is 0 Å². The van der Waals surface area contributed by atoms with Gasteiger partial charge in [0.25, 0.3) is 0 Å². The number of benzene rings is 2. The van der Waals surface area contributed by atoms with Crippen LogP contribution in [0.2, 0.25) is 0 Å². The lowest BCUT2D eigenvalue weighted by Crippen LogP contribution is -2.13. The van der Waals surface area contributed by atoms with Crippen molar-refractivity contribution in [2.75, 3.05) is 0 Å². The van der Waals surface area contributed by atoms with Gasteiger partial charge in [-0.05, 0) is 25.1 Å². The SMILES string of the molecule is CC(OC(=O)Cc1csc(-c2ccccc2)n1)c1cc(F)ccc1F. The molecule has 3 aromatic rings. The minimum absolute atomic E-state index is 0.0107. The molecule has 0 fully saturated rings. The van der Waals surface area contributed by atoms with Gasteiger partial charge in [0.05, 0.1) is 12.1 Å². The number of carbonyl (C=O) groups excluding carboxylic acids is 1. The van der Waals surface area contributed by atoms with Gasteiger partial charge in [-0.25, -0.2) is 13.8 Å². The predicted molar refractivity (Wildman–Crippen MR) is 92.1 cm³/mol. The molecule has 0 aliphatic heterocycles. The number of halogens is 2. The zero-order valence-electron chi connectivity index (χ0n) is 13.4. The molecule has 3 rings (SSSR count). The summed E-state index contributed by atoms with van der Waals surface area (Å²) in [6.07, 6.45) is -0.902. The fourth-order valence-corrected chi connectivity index (χ4v) is 3.20. The van der Waals surface area contributed by atoms with Crippen LogP contribution in [-0.2, 0) is 16.0 Å². The van der Waals surface area contributed by atoms with E-state index in [1.807, 2.05) is 30.3 Å². The molecule has 0 saturated carbocycles. The Kier molecular flexibility index (Phi) is 5.19. The Labute approximate surface area is 147 Å². The van der Waals surface area contributed by atoms with Crippen molar-refractivity contribution in [3.05, 3.63) is 76.8 Å². The zero-order valence-corrected chi connectivity index (χ0v) is 14.2. The maximum absolute atomic E-state index is 13.7. The van der Waals surface area contributed by atoms with E-state index >= 15 is 0 Å². The molecule has 0 saturated heterocycles. The minimum Gasteiger partial charge on any atom is -0.457 e. The molecular formula is C19H15F2NO2S. The summed E-state index contributed by atoms with van der Waals surface area (Å²) in [5.41, 5.74) is 1.57. The molecule has 6 heteroatoms. The Morgan fingerprint density at radius 1 is 1.20 bits per heavy atom. The lowest BCUT2D eigenvalue weighted by atomic mass is 10.1. The fraction of sp³-hybridized carbons (Fsp3) is 0.158. The van der Waals surface area contributed by atoms with E-state index in [-0.39, 0.29) is 12.0 Å². The molecule has 0 aliphatic carbocycles. The van der Waals surface area contributed by atoms with Crippen LogP contribution in [0.4, 0.5) is 8.78 Å². The molecule has 0 amide bonds. The molecule has 0 spiro atoms. The van der Waals surface area contributed by atoms with Crippen molar-refractivity contribution in [1.82, 2.24) is 4.98 Å². The summed E-state index contributed by atoms with van der Waals surface area (Å²) in [6, 6.07) is 12.7. The largest absolute Gasteiger partial charge is 0.457 e. The third-order valence-corrected chi connectivity index (χ3v) is 4.54. The van der Waals surface area contributed by atoms with E-state index in [1.54, 1.807) is 5.38 Å². The fourth-order valence-electron chi connectivity index (χ4n) is 2.38. The van der Waals surface area contributed by atoms with Crippen LogP contribution in [0.1, 0.15) is 24.3 Å². The molecule has 2 aromatic carbocycles. The number of hydrogen-bond acceptors (Lipinski definition) is 4. The summed E-state index contributed by atoms with van der Waals surface area (Å²) >= 11 is 1.44. The number of hydrogen-bond donors (Lipinski definition) is 0. The van der Waals surface area contributed by atoms with E-state index in [0.717, 1.165) is 28.8 Å². The first-order valence-corrected chi connectivity index (χ1v) is 8.55. The summed E-state index contributed by atoms with van der Waals surface area (Å²) in [4.78, 5) is 16.5. The number of thiazole rings is 1. The van der Waals surface area contributed by atoms with Crippen LogP contribution < -0.4 is 0 Å². The highest BCUT2D eigenvalue weighted by Gasteiger charge is 2.18. The van der Waals surface area contributed by atoms with E-state index in [1.165, 1.54) is 18.3 Å². The van der Waals surface area contributed by atoms with Crippen molar-refractivity contribution in [1.29, 1.82) is 0 Å². The van der Waals surface area contributed by atoms with Gasteiger partial charge in [-0.3, -0.25) is 4.79 Å². The summed E-state index contributed by atoms with van der Waals surface area (Å²) < 4.78 is 32.2. The maximum Gasteiger partial charge on any atom is 0.312 e. The monoisotopic (exact) mass is 359 g/mol. The summed E-state index contributed by atoms with van der Waals surface area (Å²) in [5.74, 6) is -1.73. The molecule has 1 heterocycles. The van der Waals surface area contributed by atoms with Crippen molar-refractivity contribution in [3.63, 3.8) is 0 Å². The van der Waals surface area contributed by atoms with E-state index < -0.39 is 23.7 Å². The number of esters is 1. The van der Waals surface area contributed by atoms with Crippen molar-refractivity contribution < 1.29 is 18.3 Å². The molecule has 0 bridgehead atoms. The van der Waals surface area contributed by atoms with E-state index in [4.69, 9.17) is 4.74 Å². The number of aromatic nitrogens is 1. The summed E-state index contributed by atoms with van der Waals surface area (Å²) in [5, 5.41) is 2.60. The molecule has 128 valence electrons. The van der Waals surface area contributed by atoms with Gasteiger partial charge in [-0.1, -0.05) is 30.3 Å². The van der Waals surface area contributed by atoms with Gasteiger partial charge in [-0.15, -0.1) is 11.3 Å². The highest BCUT2D eigenvalue weighted by molar-refractivity contribution is 7.13. The van der Waals surface area contributed by atoms with E-state index in [9.17, 15) is 13.6 Å². The highest BCUT2D eigenvalue weighted by Crippen LogP contribution is 2.25. The van der Waals surface area contributed by atoms with Crippen LogP contribution in [0.5, 0.6) is 0 Å². The van der Waals surface area contributed by atoms with Crippen LogP contribution in [-0.4, -0.2) is 11.0 Å².